The van der Waals surface area contributed by atoms with E-state index in [9.17, 15) is 4.79 Å². The fourth-order valence-corrected chi connectivity index (χ4v) is 3.52. The van der Waals surface area contributed by atoms with Crippen LogP contribution in [0, 0.1) is 11.8 Å². The van der Waals surface area contributed by atoms with Crippen LogP contribution in [0.1, 0.15) is 57.8 Å². The standard InChI is InChI=1S/C14H22O2/c15-13(11-4-5-11)12-6-9-16-14(10-12)7-2-1-3-8-14/h11-12H,1-10H2. The molecule has 16 heavy (non-hydrogen) atoms. The maximum Gasteiger partial charge on any atom is 0.139 e. The first-order chi connectivity index (χ1) is 7.79. The lowest BCUT2D eigenvalue weighted by molar-refractivity contribution is -0.143. The van der Waals surface area contributed by atoms with Gasteiger partial charge in [-0.2, -0.15) is 0 Å². The fourth-order valence-electron chi connectivity index (χ4n) is 3.52. The summed E-state index contributed by atoms with van der Waals surface area (Å²) in [6.07, 6.45) is 10.7. The van der Waals surface area contributed by atoms with Gasteiger partial charge in [-0.15, -0.1) is 0 Å². The quantitative estimate of drug-likeness (QED) is 0.717. The van der Waals surface area contributed by atoms with Crippen LogP contribution < -0.4 is 0 Å². The van der Waals surface area contributed by atoms with Gasteiger partial charge in [0.05, 0.1) is 5.60 Å². The van der Waals surface area contributed by atoms with Crippen molar-refractivity contribution in [1.29, 1.82) is 0 Å². The van der Waals surface area contributed by atoms with Gasteiger partial charge in [-0.05, 0) is 38.5 Å². The second-order valence-corrected chi connectivity index (χ2v) is 5.96. The summed E-state index contributed by atoms with van der Waals surface area (Å²) in [5.41, 5.74) is 0.103. The van der Waals surface area contributed by atoms with Crippen LogP contribution in [0.3, 0.4) is 0 Å². The predicted octanol–water partition coefficient (Wildman–Crippen LogP) is 3.10. The fraction of sp³-hybridized carbons (Fsp3) is 0.929. The van der Waals surface area contributed by atoms with Crippen molar-refractivity contribution >= 4 is 5.78 Å². The molecule has 1 spiro atoms. The van der Waals surface area contributed by atoms with Crippen LogP contribution in [0.15, 0.2) is 0 Å². The molecule has 1 saturated heterocycles. The van der Waals surface area contributed by atoms with Gasteiger partial charge >= 0.3 is 0 Å². The van der Waals surface area contributed by atoms with Crippen LogP contribution in [-0.4, -0.2) is 18.0 Å². The molecule has 0 N–H and O–H groups in total. The molecule has 1 aliphatic heterocycles. The molecule has 90 valence electrons. The Hall–Kier alpha value is -0.370. The van der Waals surface area contributed by atoms with Crippen LogP contribution in [0.2, 0.25) is 0 Å². The monoisotopic (exact) mass is 222 g/mol. The maximum atomic E-state index is 12.1. The molecule has 0 aromatic rings. The van der Waals surface area contributed by atoms with Gasteiger partial charge in [0.1, 0.15) is 5.78 Å². The first-order valence-electron chi connectivity index (χ1n) is 6.97. The average molecular weight is 222 g/mol. The van der Waals surface area contributed by atoms with Crippen molar-refractivity contribution in [2.75, 3.05) is 6.61 Å². The Morgan fingerprint density at radius 1 is 1.00 bits per heavy atom. The molecular weight excluding hydrogens is 200 g/mol. The van der Waals surface area contributed by atoms with E-state index in [1.54, 1.807) is 0 Å². The Balaban J connectivity index is 1.66. The zero-order valence-corrected chi connectivity index (χ0v) is 10.0. The third-order valence-corrected chi connectivity index (χ3v) is 4.64. The van der Waals surface area contributed by atoms with E-state index in [1.165, 1.54) is 32.1 Å². The maximum absolute atomic E-state index is 12.1. The molecule has 1 heterocycles. The lowest BCUT2D eigenvalue weighted by atomic mass is 9.74. The van der Waals surface area contributed by atoms with E-state index in [4.69, 9.17) is 4.74 Å². The summed E-state index contributed by atoms with van der Waals surface area (Å²) < 4.78 is 6.03. The van der Waals surface area contributed by atoms with Gasteiger partial charge in [0, 0.05) is 18.4 Å². The largest absolute Gasteiger partial charge is 0.375 e. The highest BCUT2D eigenvalue weighted by molar-refractivity contribution is 5.85. The van der Waals surface area contributed by atoms with Crippen LogP contribution in [0.25, 0.3) is 0 Å². The van der Waals surface area contributed by atoms with E-state index in [1.807, 2.05) is 0 Å². The predicted molar refractivity (Wildman–Crippen MR) is 62.2 cm³/mol. The van der Waals surface area contributed by atoms with Gasteiger partial charge in [0.15, 0.2) is 0 Å². The van der Waals surface area contributed by atoms with Crippen LogP contribution in [0.5, 0.6) is 0 Å². The Morgan fingerprint density at radius 2 is 1.75 bits per heavy atom. The highest BCUT2D eigenvalue weighted by atomic mass is 16.5. The molecule has 3 rings (SSSR count). The number of Topliss-reactive ketones (excluding diaryl/α,β-unsaturated/α-hetero) is 1. The summed E-state index contributed by atoms with van der Waals surface area (Å²) in [7, 11) is 0. The second kappa shape index (κ2) is 4.14. The van der Waals surface area contributed by atoms with Crippen LogP contribution in [0.4, 0.5) is 0 Å². The summed E-state index contributed by atoms with van der Waals surface area (Å²) >= 11 is 0. The van der Waals surface area contributed by atoms with E-state index in [-0.39, 0.29) is 5.60 Å². The van der Waals surface area contributed by atoms with Crippen molar-refractivity contribution in [1.82, 2.24) is 0 Å². The van der Waals surface area contributed by atoms with Gasteiger partial charge in [-0.3, -0.25) is 4.79 Å². The molecule has 0 radical (unpaired) electrons. The number of ketones is 1. The minimum atomic E-state index is 0.103. The van der Waals surface area contributed by atoms with Crippen LogP contribution in [-0.2, 0) is 9.53 Å². The molecule has 1 atom stereocenters. The first kappa shape index (κ1) is 10.8. The number of carbonyl (C=O) groups is 1. The molecule has 0 aromatic carbocycles. The summed E-state index contributed by atoms with van der Waals surface area (Å²) in [6.45, 7) is 0.823. The molecule has 1 unspecified atom stereocenters. The van der Waals surface area contributed by atoms with Crippen molar-refractivity contribution in [2.24, 2.45) is 11.8 Å². The third-order valence-electron chi connectivity index (χ3n) is 4.64. The smallest absolute Gasteiger partial charge is 0.139 e. The molecule has 2 heteroatoms. The molecule has 0 aromatic heterocycles. The highest BCUT2D eigenvalue weighted by Gasteiger charge is 2.43. The Labute approximate surface area is 97.7 Å². The number of carbonyl (C=O) groups excluding carboxylic acids is 1. The van der Waals surface area contributed by atoms with Gasteiger partial charge in [0.25, 0.3) is 0 Å². The summed E-state index contributed by atoms with van der Waals surface area (Å²) in [5.74, 6) is 1.33. The van der Waals surface area contributed by atoms with E-state index in [2.05, 4.69) is 0 Å². The minimum absolute atomic E-state index is 0.103. The molecule has 3 fully saturated rings. The minimum Gasteiger partial charge on any atom is -0.375 e. The van der Waals surface area contributed by atoms with Crippen molar-refractivity contribution in [3.63, 3.8) is 0 Å². The zero-order chi connectivity index (χ0) is 11.0. The van der Waals surface area contributed by atoms with Crippen molar-refractivity contribution in [3.8, 4) is 0 Å². The van der Waals surface area contributed by atoms with Crippen molar-refractivity contribution in [3.05, 3.63) is 0 Å². The van der Waals surface area contributed by atoms with Crippen molar-refractivity contribution < 1.29 is 9.53 Å². The number of hydrogen-bond acceptors (Lipinski definition) is 2. The highest BCUT2D eigenvalue weighted by Crippen LogP contribution is 2.43. The molecule has 0 amide bonds. The first-order valence-corrected chi connectivity index (χ1v) is 6.97. The topological polar surface area (TPSA) is 26.3 Å². The average Bonchev–Trinajstić information content (AvgIpc) is 3.13. The molecule has 2 aliphatic carbocycles. The molecule has 3 aliphatic rings. The van der Waals surface area contributed by atoms with E-state index in [0.717, 1.165) is 32.3 Å². The van der Waals surface area contributed by atoms with E-state index < -0.39 is 0 Å². The lowest BCUT2D eigenvalue weighted by Crippen LogP contribution is -2.43. The Kier molecular flexibility index (Phi) is 2.78. The van der Waals surface area contributed by atoms with Crippen molar-refractivity contribution in [2.45, 2.75) is 63.4 Å². The van der Waals surface area contributed by atoms with E-state index >= 15 is 0 Å². The van der Waals surface area contributed by atoms with Crippen LogP contribution >= 0.6 is 0 Å². The Morgan fingerprint density at radius 3 is 2.44 bits per heavy atom. The molecular formula is C14H22O2. The number of hydrogen-bond donors (Lipinski definition) is 0. The Bertz CT molecular complexity index is 269. The van der Waals surface area contributed by atoms with Gasteiger partial charge in [-0.1, -0.05) is 19.3 Å². The molecule has 2 nitrogen and oxygen atoms in total. The third kappa shape index (κ3) is 2.04. The van der Waals surface area contributed by atoms with Gasteiger partial charge < -0.3 is 4.74 Å². The number of rotatable bonds is 2. The summed E-state index contributed by atoms with van der Waals surface area (Å²) in [5, 5.41) is 0. The normalized spacial score (nSPS) is 33.9. The summed E-state index contributed by atoms with van der Waals surface area (Å²) in [4.78, 5) is 12.1. The molecule has 2 saturated carbocycles. The molecule has 0 bridgehead atoms. The van der Waals surface area contributed by atoms with E-state index in [0.29, 0.717) is 17.6 Å². The lowest BCUT2D eigenvalue weighted by Gasteiger charge is -2.43. The van der Waals surface area contributed by atoms with Gasteiger partial charge in [-0.25, -0.2) is 0 Å². The van der Waals surface area contributed by atoms with Gasteiger partial charge in [0.2, 0.25) is 0 Å². The summed E-state index contributed by atoms with van der Waals surface area (Å²) in [6, 6.07) is 0. The zero-order valence-electron chi connectivity index (χ0n) is 10.0. The number of ether oxygens (including phenoxy) is 1. The SMILES string of the molecule is O=C(C1CC1)C1CCOC2(CCCCC2)C1. The second-order valence-electron chi connectivity index (χ2n) is 5.96.